The second-order valence-electron chi connectivity index (χ2n) is 3.57. The Balaban J connectivity index is 2.47. The van der Waals surface area contributed by atoms with E-state index in [1.165, 1.54) is 0 Å². The van der Waals surface area contributed by atoms with E-state index in [1.807, 2.05) is 0 Å². The van der Waals surface area contributed by atoms with Gasteiger partial charge >= 0.3 is 6.18 Å². The summed E-state index contributed by atoms with van der Waals surface area (Å²) in [6, 6.07) is 2.40. The molecular formula is C10H7F5. The summed E-state index contributed by atoms with van der Waals surface area (Å²) in [4.78, 5) is 0. The lowest BCUT2D eigenvalue weighted by atomic mass is 10.1. The van der Waals surface area contributed by atoms with E-state index in [0.717, 1.165) is 12.1 Å². The maximum absolute atomic E-state index is 13.1. The summed E-state index contributed by atoms with van der Waals surface area (Å²) >= 11 is 0. The number of benzene rings is 1. The lowest BCUT2D eigenvalue weighted by Crippen LogP contribution is -2.09. The summed E-state index contributed by atoms with van der Waals surface area (Å²) < 4.78 is 63.0. The van der Waals surface area contributed by atoms with Crippen LogP contribution in [0.15, 0.2) is 18.2 Å². The minimum Gasteiger partial charge on any atom is -0.201 e. The monoisotopic (exact) mass is 222 g/mol. The smallest absolute Gasteiger partial charge is 0.201 e. The van der Waals surface area contributed by atoms with Crippen molar-refractivity contribution in [2.75, 3.05) is 0 Å². The van der Waals surface area contributed by atoms with Crippen molar-refractivity contribution in [1.82, 2.24) is 0 Å². The van der Waals surface area contributed by atoms with Gasteiger partial charge in [-0.1, -0.05) is 6.07 Å². The lowest BCUT2D eigenvalue weighted by molar-refractivity contribution is -0.137. The number of fused-ring (bicyclic) bond motifs is 1. The molecule has 2 rings (SSSR count). The maximum atomic E-state index is 13.1. The van der Waals surface area contributed by atoms with Crippen LogP contribution in [-0.4, -0.2) is 0 Å². The van der Waals surface area contributed by atoms with Crippen LogP contribution in [0.3, 0.4) is 0 Å². The number of alkyl halides is 5. The first-order chi connectivity index (χ1) is 6.81. The van der Waals surface area contributed by atoms with Crippen molar-refractivity contribution in [3.05, 3.63) is 34.9 Å². The Morgan fingerprint density at radius 1 is 1.13 bits per heavy atom. The van der Waals surface area contributed by atoms with Gasteiger partial charge in [-0.2, -0.15) is 13.2 Å². The molecule has 0 fully saturated rings. The first-order valence-corrected chi connectivity index (χ1v) is 4.39. The Kier molecular flexibility index (Phi) is 2.03. The Morgan fingerprint density at radius 2 is 1.80 bits per heavy atom. The van der Waals surface area contributed by atoms with E-state index in [1.54, 1.807) is 0 Å². The zero-order valence-electron chi connectivity index (χ0n) is 7.54. The molecule has 1 aromatic carbocycles. The lowest BCUT2D eigenvalue weighted by Gasteiger charge is -2.11. The summed E-state index contributed by atoms with van der Waals surface area (Å²) in [6.45, 7) is 0. The minimum atomic E-state index is -4.47. The van der Waals surface area contributed by atoms with Crippen LogP contribution in [0.4, 0.5) is 22.0 Å². The molecule has 1 aliphatic carbocycles. The Bertz CT molecular complexity index is 391. The molecule has 0 aromatic heterocycles. The molecule has 0 aliphatic heterocycles. The highest BCUT2D eigenvalue weighted by atomic mass is 19.4. The van der Waals surface area contributed by atoms with Crippen molar-refractivity contribution in [2.45, 2.75) is 24.9 Å². The van der Waals surface area contributed by atoms with Crippen LogP contribution in [0, 0.1) is 0 Å². The Labute approximate surface area is 82.7 Å². The van der Waals surface area contributed by atoms with Crippen LogP contribution in [0.2, 0.25) is 0 Å². The topological polar surface area (TPSA) is 0 Å². The van der Waals surface area contributed by atoms with Crippen molar-refractivity contribution in [1.29, 1.82) is 0 Å². The summed E-state index contributed by atoms with van der Waals surface area (Å²) in [5, 5.41) is 0. The molecule has 0 N–H and O–H groups in total. The third-order valence-electron chi connectivity index (χ3n) is 2.53. The van der Waals surface area contributed by atoms with Gasteiger partial charge in [0.1, 0.15) is 0 Å². The number of hydrogen-bond donors (Lipinski definition) is 0. The van der Waals surface area contributed by atoms with Gasteiger partial charge in [0.05, 0.1) is 5.56 Å². The fourth-order valence-corrected chi connectivity index (χ4v) is 1.76. The zero-order valence-corrected chi connectivity index (χ0v) is 7.54. The maximum Gasteiger partial charge on any atom is 0.416 e. The first-order valence-electron chi connectivity index (χ1n) is 4.39. The van der Waals surface area contributed by atoms with E-state index < -0.39 is 24.1 Å². The first kappa shape index (κ1) is 10.4. The van der Waals surface area contributed by atoms with Gasteiger partial charge < -0.3 is 0 Å². The molecule has 0 bridgehead atoms. The number of rotatable bonds is 0. The quantitative estimate of drug-likeness (QED) is 0.586. The van der Waals surface area contributed by atoms with E-state index in [9.17, 15) is 22.0 Å². The van der Waals surface area contributed by atoms with Crippen molar-refractivity contribution in [3.63, 3.8) is 0 Å². The average Bonchev–Trinajstić information content (AvgIpc) is 2.41. The normalized spacial score (nSPS) is 19.0. The predicted octanol–water partition coefficient (Wildman–Crippen LogP) is 3.74. The molecule has 1 aliphatic rings. The van der Waals surface area contributed by atoms with Crippen LogP contribution < -0.4 is 0 Å². The Hall–Kier alpha value is -1.13. The molecule has 82 valence electrons. The highest BCUT2D eigenvalue weighted by Crippen LogP contribution is 2.43. The average molecular weight is 222 g/mol. The molecule has 0 radical (unpaired) electrons. The number of halogens is 5. The van der Waals surface area contributed by atoms with Gasteiger partial charge in [0, 0.05) is 12.0 Å². The van der Waals surface area contributed by atoms with Crippen molar-refractivity contribution in [2.24, 2.45) is 0 Å². The second-order valence-corrected chi connectivity index (χ2v) is 3.57. The standard InChI is InChI=1S/C10H7F5/c11-9(12)4-3-6-5-7(10(13,14)15)1-2-8(6)9/h1-2,5H,3-4H2. The van der Waals surface area contributed by atoms with Crippen LogP contribution in [-0.2, 0) is 18.5 Å². The molecular weight excluding hydrogens is 215 g/mol. The summed E-state index contributed by atoms with van der Waals surface area (Å²) in [5.41, 5.74) is -1.02. The zero-order chi connectivity index (χ0) is 11.3. The molecule has 0 atom stereocenters. The second kappa shape index (κ2) is 2.93. The highest BCUT2D eigenvalue weighted by Gasteiger charge is 2.40. The van der Waals surface area contributed by atoms with Gasteiger partial charge in [0.15, 0.2) is 0 Å². The summed E-state index contributed by atoms with van der Waals surface area (Å²) in [7, 11) is 0. The number of aryl methyl sites for hydroxylation is 1. The van der Waals surface area contributed by atoms with Crippen LogP contribution in [0.1, 0.15) is 23.1 Å². The van der Waals surface area contributed by atoms with Crippen LogP contribution >= 0.6 is 0 Å². The molecule has 0 saturated carbocycles. The van der Waals surface area contributed by atoms with E-state index >= 15 is 0 Å². The third-order valence-corrected chi connectivity index (χ3v) is 2.53. The van der Waals surface area contributed by atoms with E-state index in [-0.39, 0.29) is 17.5 Å². The predicted molar refractivity (Wildman–Crippen MR) is 43.7 cm³/mol. The highest BCUT2D eigenvalue weighted by molar-refractivity contribution is 5.39. The third kappa shape index (κ3) is 1.70. The fraction of sp³-hybridized carbons (Fsp3) is 0.400. The van der Waals surface area contributed by atoms with Gasteiger partial charge in [0.25, 0.3) is 5.92 Å². The van der Waals surface area contributed by atoms with Gasteiger partial charge in [0.2, 0.25) is 0 Å². The summed E-state index contributed by atoms with van der Waals surface area (Å²) in [6.07, 6.45) is -4.86. The SMILES string of the molecule is FC(F)(F)c1ccc2c(c1)CCC2(F)F. The molecule has 5 heteroatoms. The molecule has 1 aromatic rings. The number of hydrogen-bond acceptors (Lipinski definition) is 0. The van der Waals surface area contributed by atoms with Gasteiger partial charge in [-0.3, -0.25) is 0 Å². The minimum absolute atomic E-state index is 0.00620. The van der Waals surface area contributed by atoms with Gasteiger partial charge in [-0.25, -0.2) is 8.78 Å². The molecule has 0 heterocycles. The van der Waals surface area contributed by atoms with Crippen LogP contribution in [0.5, 0.6) is 0 Å². The van der Waals surface area contributed by atoms with Gasteiger partial charge in [-0.15, -0.1) is 0 Å². The van der Waals surface area contributed by atoms with Gasteiger partial charge in [-0.05, 0) is 24.1 Å². The van der Waals surface area contributed by atoms with Crippen molar-refractivity contribution < 1.29 is 22.0 Å². The van der Waals surface area contributed by atoms with Crippen LogP contribution in [0.25, 0.3) is 0 Å². The molecule has 0 nitrogen and oxygen atoms in total. The van der Waals surface area contributed by atoms with Crippen molar-refractivity contribution in [3.8, 4) is 0 Å². The molecule has 0 spiro atoms. The van der Waals surface area contributed by atoms with E-state index in [0.29, 0.717) is 6.07 Å². The largest absolute Gasteiger partial charge is 0.416 e. The molecule has 0 amide bonds. The van der Waals surface area contributed by atoms with Crippen molar-refractivity contribution >= 4 is 0 Å². The van der Waals surface area contributed by atoms with E-state index in [2.05, 4.69) is 0 Å². The fourth-order valence-electron chi connectivity index (χ4n) is 1.76. The van der Waals surface area contributed by atoms with E-state index in [4.69, 9.17) is 0 Å². The summed E-state index contributed by atoms with van der Waals surface area (Å²) in [5.74, 6) is -2.97. The Morgan fingerprint density at radius 3 is 2.40 bits per heavy atom. The molecule has 0 saturated heterocycles. The molecule has 15 heavy (non-hydrogen) atoms. The molecule has 0 unspecified atom stereocenters.